The van der Waals surface area contributed by atoms with Crippen LogP contribution in [0, 0.1) is 13.8 Å². The number of aryl methyl sites for hydroxylation is 2. The van der Waals surface area contributed by atoms with Crippen LogP contribution in [0.25, 0.3) is 0 Å². The van der Waals surface area contributed by atoms with Crippen LogP contribution in [0.4, 0.5) is 13.2 Å². The molecule has 1 rings (SSSR count). The summed E-state index contributed by atoms with van der Waals surface area (Å²) in [5.74, 6) is 0.321. The summed E-state index contributed by atoms with van der Waals surface area (Å²) in [6.45, 7) is 10.9. The van der Waals surface area contributed by atoms with Crippen LogP contribution in [0.2, 0.25) is 0 Å². The van der Waals surface area contributed by atoms with Gasteiger partial charge >= 0.3 is 6.18 Å². The van der Waals surface area contributed by atoms with Gasteiger partial charge in [-0.25, -0.2) is 0 Å². The third kappa shape index (κ3) is 7.40. The average Bonchev–Trinajstić information content (AvgIpc) is 2.43. The van der Waals surface area contributed by atoms with Gasteiger partial charge in [0.1, 0.15) is 5.75 Å². The minimum absolute atomic E-state index is 0.0566. The largest absolute Gasteiger partial charge is 0.484 e. The molecule has 4 nitrogen and oxygen atoms in total. The van der Waals surface area contributed by atoms with Crippen LogP contribution < -0.4 is 4.74 Å². The van der Waals surface area contributed by atoms with Crippen molar-refractivity contribution in [3.63, 3.8) is 0 Å². The number of amides is 1. The fourth-order valence-electron chi connectivity index (χ4n) is 3.37. The Bertz CT molecular complexity index is 612. The molecule has 154 valence electrons. The maximum absolute atomic E-state index is 12.6. The number of likely N-dealkylation sites (N-methyl/N-ethyl adjacent to an activating group) is 1. The molecule has 7 heteroatoms. The van der Waals surface area contributed by atoms with E-state index in [0.29, 0.717) is 17.7 Å². The third-order valence-corrected chi connectivity index (χ3v) is 4.16. The highest BCUT2D eigenvalue weighted by Crippen LogP contribution is 2.27. The van der Waals surface area contributed by atoms with E-state index in [9.17, 15) is 18.0 Å². The molecular weight excluding hydrogens is 357 g/mol. The summed E-state index contributed by atoms with van der Waals surface area (Å²) < 4.78 is 42.1. The van der Waals surface area contributed by atoms with Gasteiger partial charge < -0.3 is 9.64 Å². The SMILES string of the molecule is Cc1cc(CN(C)CC(=O)N(C(C)C)C(C)C)cc(C)c1OCC(F)(F)F. The van der Waals surface area contributed by atoms with E-state index >= 15 is 0 Å². The topological polar surface area (TPSA) is 32.8 Å². The maximum Gasteiger partial charge on any atom is 0.422 e. The van der Waals surface area contributed by atoms with E-state index < -0.39 is 12.8 Å². The smallest absolute Gasteiger partial charge is 0.422 e. The zero-order chi connectivity index (χ0) is 20.9. The van der Waals surface area contributed by atoms with Crippen LogP contribution in [-0.4, -0.2) is 54.2 Å². The average molecular weight is 388 g/mol. The van der Waals surface area contributed by atoms with Crippen molar-refractivity contribution in [1.82, 2.24) is 9.80 Å². The molecular formula is C20H31F3N2O2. The zero-order valence-corrected chi connectivity index (χ0v) is 17.3. The van der Waals surface area contributed by atoms with Gasteiger partial charge in [0.15, 0.2) is 6.61 Å². The lowest BCUT2D eigenvalue weighted by Crippen LogP contribution is -2.46. The molecule has 0 N–H and O–H groups in total. The van der Waals surface area contributed by atoms with Crippen molar-refractivity contribution in [2.45, 2.75) is 66.3 Å². The number of alkyl halides is 3. The molecule has 0 aliphatic rings. The van der Waals surface area contributed by atoms with Crippen LogP contribution >= 0.6 is 0 Å². The fourth-order valence-corrected chi connectivity index (χ4v) is 3.37. The number of rotatable bonds is 8. The van der Waals surface area contributed by atoms with Crippen molar-refractivity contribution >= 4 is 5.91 Å². The highest BCUT2D eigenvalue weighted by molar-refractivity contribution is 5.78. The van der Waals surface area contributed by atoms with E-state index in [1.807, 2.05) is 56.7 Å². The normalized spacial score (nSPS) is 12.2. The molecule has 27 heavy (non-hydrogen) atoms. The van der Waals surface area contributed by atoms with Crippen molar-refractivity contribution in [1.29, 1.82) is 0 Å². The summed E-state index contributed by atoms with van der Waals surface area (Å²) in [5.41, 5.74) is 2.24. The van der Waals surface area contributed by atoms with E-state index in [2.05, 4.69) is 0 Å². The molecule has 0 saturated carbocycles. The lowest BCUT2D eigenvalue weighted by atomic mass is 10.1. The summed E-state index contributed by atoms with van der Waals surface area (Å²) in [6.07, 6.45) is -4.36. The van der Waals surface area contributed by atoms with Gasteiger partial charge in [-0.15, -0.1) is 0 Å². The van der Waals surface area contributed by atoms with Crippen LogP contribution in [0.3, 0.4) is 0 Å². The second-order valence-electron chi connectivity index (χ2n) is 7.62. The number of hydrogen-bond donors (Lipinski definition) is 0. The standard InChI is InChI=1S/C20H31F3N2O2/c1-13(2)25(14(3)4)18(26)11-24(7)10-17-8-15(5)19(16(6)9-17)27-12-20(21,22)23/h8-9,13-14H,10-12H2,1-7H3. The molecule has 1 amide bonds. The van der Waals surface area contributed by atoms with Gasteiger partial charge in [0.05, 0.1) is 6.54 Å². The predicted octanol–water partition coefficient (Wildman–Crippen LogP) is 4.32. The monoisotopic (exact) mass is 388 g/mol. The van der Waals surface area contributed by atoms with Crippen LogP contribution in [0.1, 0.15) is 44.4 Å². The van der Waals surface area contributed by atoms with Crippen molar-refractivity contribution in [3.8, 4) is 5.75 Å². The Balaban J connectivity index is 2.80. The first-order chi connectivity index (χ1) is 12.3. The molecule has 0 saturated heterocycles. The second-order valence-corrected chi connectivity index (χ2v) is 7.62. The minimum Gasteiger partial charge on any atom is -0.484 e. The Morgan fingerprint density at radius 2 is 1.56 bits per heavy atom. The van der Waals surface area contributed by atoms with E-state index in [-0.39, 0.29) is 30.3 Å². The number of halogens is 3. The highest BCUT2D eigenvalue weighted by Gasteiger charge is 2.29. The van der Waals surface area contributed by atoms with Gasteiger partial charge in [0, 0.05) is 18.6 Å². The minimum atomic E-state index is -4.36. The molecule has 0 atom stereocenters. The number of hydrogen-bond acceptors (Lipinski definition) is 3. The molecule has 0 spiro atoms. The quantitative estimate of drug-likeness (QED) is 0.665. The molecule has 0 aliphatic heterocycles. The molecule has 0 heterocycles. The highest BCUT2D eigenvalue weighted by atomic mass is 19.4. The predicted molar refractivity (Wildman–Crippen MR) is 101 cm³/mol. The lowest BCUT2D eigenvalue weighted by Gasteiger charge is -2.32. The first-order valence-corrected chi connectivity index (χ1v) is 9.11. The second kappa shape index (κ2) is 9.44. The van der Waals surface area contributed by atoms with Gasteiger partial charge in [-0.2, -0.15) is 13.2 Å². The molecule has 0 aromatic heterocycles. The summed E-state index contributed by atoms with van der Waals surface area (Å²) >= 11 is 0. The van der Waals surface area contributed by atoms with E-state index in [1.165, 1.54) is 0 Å². The maximum atomic E-state index is 12.6. The molecule has 0 radical (unpaired) electrons. The van der Waals surface area contributed by atoms with E-state index in [0.717, 1.165) is 5.56 Å². The van der Waals surface area contributed by atoms with Crippen LogP contribution in [0.5, 0.6) is 5.75 Å². The molecule has 0 unspecified atom stereocenters. The number of carbonyl (C=O) groups excluding carboxylic acids is 1. The summed E-state index contributed by atoms with van der Waals surface area (Å²) in [7, 11) is 1.86. The van der Waals surface area contributed by atoms with Gasteiger partial charge in [-0.3, -0.25) is 9.69 Å². The van der Waals surface area contributed by atoms with Gasteiger partial charge in [0.2, 0.25) is 5.91 Å². The Kier molecular flexibility index (Phi) is 8.14. The summed E-state index contributed by atoms with van der Waals surface area (Å²) in [5, 5.41) is 0. The molecule has 0 aliphatic carbocycles. The van der Waals surface area contributed by atoms with Gasteiger partial charge in [0.25, 0.3) is 0 Å². The molecule has 0 bridgehead atoms. The Morgan fingerprint density at radius 1 is 1.07 bits per heavy atom. The number of nitrogens with zero attached hydrogens (tertiary/aromatic N) is 2. The van der Waals surface area contributed by atoms with Crippen molar-refractivity contribution in [3.05, 3.63) is 28.8 Å². The molecule has 0 fully saturated rings. The molecule has 1 aromatic rings. The summed E-state index contributed by atoms with van der Waals surface area (Å²) in [4.78, 5) is 16.3. The first-order valence-electron chi connectivity index (χ1n) is 9.11. The van der Waals surface area contributed by atoms with E-state index in [4.69, 9.17) is 4.74 Å². The molecule has 1 aromatic carbocycles. The van der Waals surface area contributed by atoms with Crippen molar-refractivity contribution in [2.24, 2.45) is 0 Å². The Labute approximate surface area is 160 Å². The number of ether oxygens (including phenoxy) is 1. The Morgan fingerprint density at radius 3 is 1.96 bits per heavy atom. The van der Waals surface area contributed by atoms with Crippen molar-refractivity contribution in [2.75, 3.05) is 20.2 Å². The van der Waals surface area contributed by atoms with Gasteiger partial charge in [-0.05, 0) is 65.3 Å². The lowest BCUT2D eigenvalue weighted by molar-refractivity contribution is -0.153. The van der Waals surface area contributed by atoms with Crippen LogP contribution in [0.15, 0.2) is 12.1 Å². The van der Waals surface area contributed by atoms with Gasteiger partial charge in [-0.1, -0.05) is 12.1 Å². The van der Waals surface area contributed by atoms with Crippen LogP contribution in [-0.2, 0) is 11.3 Å². The third-order valence-electron chi connectivity index (χ3n) is 4.16. The number of benzene rings is 1. The fraction of sp³-hybridized carbons (Fsp3) is 0.650. The van der Waals surface area contributed by atoms with E-state index in [1.54, 1.807) is 13.8 Å². The number of carbonyl (C=O) groups is 1. The first kappa shape index (κ1) is 23.3. The Hall–Kier alpha value is -1.76. The zero-order valence-electron chi connectivity index (χ0n) is 17.3. The summed E-state index contributed by atoms with van der Waals surface area (Å²) in [6, 6.07) is 3.87. The van der Waals surface area contributed by atoms with Crippen molar-refractivity contribution < 1.29 is 22.7 Å².